The van der Waals surface area contributed by atoms with Crippen molar-refractivity contribution in [3.05, 3.63) is 35.6 Å². The van der Waals surface area contributed by atoms with Crippen molar-refractivity contribution in [1.82, 2.24) is 10.2 Å². The van der Waals surface area contributed by atoms with Crippen LogP contribution in [0.5, 0.6) is 0 Å². The molecule has 5 nitrogen and oxygen atoms in total. The number of amides is 1. The van der Waals surface area contributed by atoms with Crippen LogP contribution in [-0.2, 0) is 9.53 Å². The molecule has 3 rings (SSSR count). The number of ether oxygens (including phenoxy) is 1. The fourth-order valence-corrected chi connectivity index (χ4v) is 3.58. The second-order valence-corrected chi connectivity index (χ2v) is 6.81. The highest BCUT2D eigenvalue weighted by Gasteiger charge is 2.34. The molecule has 1 aromatic carbocycles. The second kappa shape index (κ2) is 8.54. The van der Waals surface area contributed by atoms with Gasteiger partial charge in [0.15, 0.2) is 5.78 Å². The van der Waals surface area contributed by atoms with Crippen molar-refractivity contribution in [3.63, 3.8) is 0 Å². The van der Waals surface area contributed by atoms with E-state index < -0.39 is 0 Å². The Balaban J connectivity index is 1.46. The highest BCUT2D eigenvalue weighted by molar-refractivity contribution is 5.97. The number of carbonyl (C=O) groups is 2. The Labute approximate surface area is 147 Å². The molecule has 0 saturated carbocycles. The predicted molar refractivity (Wildman–Crippen MR) is 91.9 cm³/mol. The number of likely N-dealkylation sites (tertiary alicyclic amines) is 1. The van der Waals surface area contributed by atoms with Crippen molar-refractivity contribution in [2.24, 2.45) is 0 Å². The number of rotatable bonds is 6. The van der Waals surface area contributed by atoms with Gasteiger partial charge in [0, 0.05) is 18.4 Å². The van der Waals surface area contributed by atoms with Crippen molar-refractivity contribution in [3.8, 4) is 0 Å². The van der Waals surface area contributed by atoms with E-state index in [0.717, 1.165) is 13.1 Å². The summed E-state index contributed by atoms with van der Waals surface area (Å²) in [5.41, 5.74) is 0.435. The summed E-state index contributed by atoms with van der Waals surface area (Å²) in [6, 6.07) is 5.64. The fraction of sp³-hybridized carbons (Fsp3) is 0.579. The standard InChI is InChI=1S/C19H25FN2O3/c20-15-6-4-14(5-7-15)18(23)8-9-19(24)21-16-12-25-13-17(16)22-10-2-1-3-11-22/h4-7,16-17H,1-3,8-13H2,(H,21,24)/t16-,17-/m1/s1. The fourth-order valence-electron chi connectivity index (χ4n) is 3.58. The van der Waals surface area contributed by atoms with Crippen LogP contribution < -0.4 is 5.32 Å². The number of hydrogen-bond acceptors (Lipinski definition) is 4. The summed E-state index contributed by atoms with van der Waals surface area (Å²) in [4.78, 5) is 26.7. The van der Waals surface area contributed by atoms with Crippen molar-refractivity contribution >= 4 is 11.7 Å². The summed E-state index contributed by atoms with van der Waals surface area (Å²) < 4.78 is 18.5. The van der Waals surface area contributed by atoms with E-state index in [0.29, 0.717) is 18.8 Å². The van der Waals surface area contributed by atoms with Gasteiger partial charge in [0.2, 0.25) is 5.91 Å². The SMILES string of the molecule is O=C(CCC(=O)c1ccc(F)cc1)N[C@@H]1COC[C@H]1N1CCCCC1. The second-order valence-electron chi connectivity index (χ2n) is 6.81. The zero-order valence-electron chi connectivity index (χ0n) is 14.4. The molecule has 0 aliphatic carbocycles. The molecule has 2 atom stereocenters. The van der Waals surface area contributed by atoms with Gasteiger partial charge in [-0.2, -0.15) is 0 Å². The maximum Gasteiger partial charge on any atom is 0.220 e. The van der Waals surface area contributed by atoms with E-state index >= 15 is 0 Å². The topological polar surface area (TPSA) is 58.6 Å². The number of halogens is 1. The third kappa shape index (κ3) is 4.86. The van der Waals surface area contributed by atoms with E-state index in [4.69, 9.17) is 4.74 Å². The molecule has 2 heterocycles. The minimum Gasteiger partial charge on any atom is -0.378 e. The van der Waals surface area contributed by atoms with E-state index in [2.05, 4.69) is 10.2 Å². The predicted octanol–water partition coefficient (Wildman–Crippen LogP) is 2.16. The molecule has 0 unspecified atom stereocenters. The van der Waals surface area contributed by atoms with Crippen LogP contribution in [-0.4, -0.2) is 55.0 Å². The minimum atomic E-state index is -0.376. The number of nitrogens with zero attached hydrogens (tertiary/aromatic N) is 1. The molecule has 2 fully saturated rings. The summed E-state index contributed by atoms with van der Waals surface area (Å²) in [5, 5.41) is 3.02. The van der Waals surface area contributed by atoms with Crippen LogP contribution in [0, 0.1) is 5.82 Å². The quantitative estimate of drug-likeness (QED) is 0.801. The lowest BCUT2D eigenvalue weighted by Gasteiger charge is -2.34. The average Bonchev–Trinajstić information content (AvgIpc) is 3.09. The van der Waals surface area contributed by atoms with E-state index in [1.807, 2.05) is 0 Å². The Bertz CT molecular complexity index is 599. The molecular weight excluding hydrogens is 323 g/mol. The lowest BCUT2D eigenvalue weighted by Crippen LogP contribution is -2.52. The molecule has 25 heavy (non-hydrogen) atoms. The van der Waals surface area contributed by atoms with Crippen LogP contribution >= 0.6 is 0 Å². The van der Waals surface area contributed by atoms with Crippen molar-refractivity contribution in [2.75, 3.05) is 26.3 Å². The van der Waals surface area contributed by atoms with Crippen LogP contribution in [0.4, 0.5) is 4.39 Å². The van der Waals surface area contributed by atoms with Gasteiger partial charge in [-0.05, 0) is 50.2 Å². The largest absolute Gasteiger partial charge is 0.378 e. The van der Waals surface area contributed by atoms with Crippen LogP contribution in [0.1, 0.15) is 42.5 Å². The first-order valence-corrected chi connectivity index (χ1v) is 9.03. The van der Waals surface area contributed by atoms with Gasteiger partial charge in [-0.25, -0.2) is 4.39 Å². The molecule has 136 valence electrons. The van der Waals surface area contributed by atoms with Crippen molar-refractivity contribution in [2.45, 2.75) is 44.2 Å². The number of carbonyl (C=O) groups excluding carboxylic acids is 2. The molecular formula is C19H25FN2O3. The number of benzene rings is 1. The first-order chi connectivity index (χ1) is 12.1. The maximum atomic E-state index is 12.9. The first kappa shape index (κ1) is 18.0. The molecule has 1 amide bonds. The number of ketones is 1. The van der Waals surface area contributed by atoms with Gasteiger partial charge < -0.3 is 10.1 Å². The lowest BCUT2D eigenvalue weighted by molar-refractivity contribution is -0.122. The number of Topliss-reactive ketones (excluding diaryl/α,β-unsaturated/α-hetero) is 1. The monoisotopic (exact) mass is 348 g/mol. The molecule has 2 saturated heterocycles. The lowest BCUT2D eigenvalue weighted by atomic mass is 10.0. The Hall–Kier alpha value is -1.79. The Morgan fingerprint density at radius 2 is 1.80 bits per heavy atom. The third-order valence-corrected chi connectivity index (χ3v) is 5.00. The summed E-state index contributed by atoms with van der Waals surface area (Å²) in [6.45, 7) is 3.30. The smallest absolute Gasteiger partial charge is 0.220 e. The Morgan fingerprint density at radius 3 is 2.52 bits per heavy atom. The summed E-state index contributed by atoms with van der Waals surface area (Å²) in [5.74, 6) is -0.655. The molecule has 6 heteroatoms. The molecule has 1 N–H and O–H groups in total. The Morgan fingerprint density at radius 1 is 1.08 bits per heavy atom. The molecule has 0 spiro atoms. The van der Waals surface area contributed by atoms with Gasteiger partial charge in [-0.3, -0.25) is 14.5 Å². The molecule has 2 aliphatic rings. The zero-order chi connectivity index (χ0) is 17.6. The summed E-state index contributed by atoms with van der Waals surface area (Å²) in [7, 11) is 0. The van der Waals surface area contributed by atoms with E-state index in [1.165, 1.54) is 43.5 Å². The molecule has 0 aromatic heterocycles. The van der Waals surface area contributed by atoms with E-state index in [9.17, 15) is 14.0 Å². The maximum absolute atomic E-state index is 12.9. The van der Waals surface area contributed by atoms with Gasteiger partial charge in [-0.1, -0.05) is 6.42 Å². The van der Waals surface area contributed by atoms with E-state index in [-0.39, 0.29) is 42.4 Å². The van der Waals surface area contributed by atoms with Crippen LogP contribution in [0.25, 0.3) is 0 Å². The summed E-state index contributed by atoms with van der Waals surface area (Å²) >= 11 is 0. The van der Waals surface area contributed by atoms with Crippen LogP contribution in [0.2, 0.25) is 0 Å². The average molecular weight is 348 g/mol. The molecule has 1 aromatic rings. The number of piperidine rings is 1. The highest BCUT2D eigenvalue weighted by Crippen LogP contribution is 2.19. The first-order valence-electron chi connectivity index (χ1n) is 9.03. The highest BCUT2D eigenvalue weighted by atomic mass is 19.1. The van der Waals surface area contributed by atoms with Crippen molar-refractivity contribution < 1.29 is 18.7 Å². The van der Waals surface area contributed by atoms with E-state index in [1.54, 1.807) is 0 Å². The van der Waals surface area contributed by atoms with Gasteiger partial charge in [0.25, 0.3) is 0 Å². The van der Waals surface area contributed by atoms with Gasteiger partial charge in [0.1, 0.15) is 5.82 Å². The Kier molecular flexibility index (Phi) is 6.15. The van der Waals surface area contributed by atoms with Gasteiger partial charge in [-0.15, -0.1) is 0 Å². The van der Waals surface area contributed by atoms with Gasteiger partial charge in [0.05, 0.1) is 25.3 Å². The third-order valence-electron chi connectivity index (χ3n) is 5.00. The zero-order valence-corrected chi connectivity index (χ0v) is 14.4. The number of hydrogen-bond donors (Lipinski definition) is 1. The molecule has 2 aliphatic heterocycles. The van der Waals surface area contributed by atoms with Crippen LogP contribution in [0.3, 0.4) is 0 Å². The molecule has 0 bridgehead atoms. The summed E-state index contributed by atoms with van der Waals surface area (Å²) in [6.07, 6.45) is 3.93. The normalized spacial score (nSPS) is 24.2. The van der Waals surface area contributed by atoms with Crippen molar-refractivity contribution in [1.29, 1.82) is 0 Å². The molecule has 0 radical (unpaired) electrons. The van der Waals surface area contributed by atoms with Gasteiger partial charge >= 0.3 is 0 Å². The van der Waals surface area contributed by atoms with Crippen LogP contribution in [0.15, 0.2) is 24.3 Å². The minimum absolute atomic E-state index is 0.00785. The number of nitrogens with one attached hydrogen (secondary N) is 1.